The molecule has 0 saturated carbocycles. The molecule has 0 unspecified atom stereocenters. The van der Waals surface area contributed by atoms with Gasteiger partial charge >= 0.3 is 0 Å². The summed E-state index contributed by atoms with van der Waals surface area (Å²) in [6.07, 6.45) is 1.77. The van der Waals surface area contributed by atoms with E-state index in [1.54, 1.807) is 37.3 Å². The molecule has 2 atom stereocenters. The van der Waals surface area contributed by atoms with Gasteiger partial charge in [-0.2, -0.15) is 0 Å². The Morgan fingerprint density at radius 2 is 1.57 bits per heavy atom. The lowest BCUT2D eigenvalue weighted by atomic mass is 10.1. The molecule has 192 valence electrons. The third-order valence-corrected chi connectivity index (χ3v) is 7.58. The fourth-order valence-corrected chi connectivity index (χ4v) is 4.96. The Balaban J connectivity index is 2.48. The lowest BCUT2D eigenvalue weighted by Crippen LogP contribution is -2.52. The fourth-order valence-electron chi connectivity index (χ4n) is 3.61. The molecule has 2 rings (SSSR count). The first-order valence-electron chi connectivity index (χ1n) is 11.3. The number of benzene rings is 2. The van der Waals surface area contributed by atoms with Crippen molar-refractivity contribution in [3.05, 3.63) is 63.1 Å². The van der Waals surface area contributed by atoms with Crippen LogP contribution in [0.1, 0.15) is 43.9 Å². The zero-order valence-corrected chi connectivity index (χ0v) is 23.3. The van der Waals surface area contributed by atoms with Crippen molar-refractivity contribution in [3.63, 3.8) is 0 Å². The second-order valence-electron chi connectivity index (χ2n) is 8.83. The molecule has 0 bridgehead atoms. The quantitative estimate of drug-likeness (QED) is 0.471. The number of aryl methyl sites for hydroxylation is 2. The number of nitrogens with one attached hydrogen (secondary N) is 1. The molecule has 0 aliphatic rings. The van der Waals surface area contributed by atoms with E-state index >= 15 is 0 Å². The molecule has 0 heterocycles. The van der Waals surface area contributed by atoms with Crippen LogP contribution in [0.5, 0.6) is 0 Å². The highest BCUT2D eigenvalue weighted by molar-refractivity contribution is 7.92. The summed E-state index contributed by atoms with van der Waals surface area (Å²) >= 11 is 12.7. The van der Waals surface area contributed by atoms with Gasteiger partial charge in [-0.05, 0) is 69.5 Å². The summed E-state index contributed by atoms with van der Waals surface area (Å²) in [5.74, 6) is -0.912. The van der Waals surface area contributed by atoms with Gasteiger partial charge in [0.25, 0.3) is 0 Å². The molecule has 0 radical (unpaired) electrons. The van der Waals surface area contributed by atoms with Crippen LogP contribution in [0, 0.1) is 13.8 Å². The maximum Gasteiger partial charge on any atom is 0.244 e. The Morgan fingerprint density at radius 3 is 2.06 bits per heavy atom. The Hall–Kier alpha value is -2.29. The van der Waals surface area contributed by atoms with Crippen LogP contribution in [0.3, 0.4) is 0 Å². The Kier molecular flexibility index (Phi) is 10.0. The highest BCUT2D eigenvalue weighted by atomic mass is 35.5. The van der Waals surface area contributed by atoms with Crippen LogP contribution in [-0.4, -0.2) is 50.0 Å². The van der Waals surface area contributed by atoms with E-state index in [2.05, 4.69) is 5.32 Å². The second-order valence-corrected chi connectivity index (χ2v) is 11.6. The smallest absolute Gasteiger partial charge is 0.244 e. The van der Waals surface area contributed by atoms with Crippen LogP contribution in [-0.2, 0) is 26.2 Å². The fraction of sp³-hybridized carbons (Fsp3) is 0.440. The Bertz CT molecular complexity index is 1150. The Morgan fingerprint density at radius 1 is 1.03 bits per heavy atom. The van der Waals surface area contributed by atoms with Gasteiger partial charge in [0, 0.05) is 28.2 Å². The molecule has 2 aromatic rings. The molecule has 0 aromatic heterocycles. The summed E-state index contributed by atoms with van der Waals surface area (Å²) in [6.45, 7) is 8.57. The number of carbonyl (C=O) groups is 2. The lowest BCUT2D eigenvalue weighted by molar-refractivity contribution is -0.139. The molecular formula is C25H33Cl2N3O4S. The minimum Gasteiger partial charge on any atom is -0.352 e. The van der Waals surface area contributed by atoms with E-state index in [9.17, 15) is 18.0 Å². The summed E-state index contributed by atoms with van der Waals surface area (Å²) in [7, 11) is -3.81. The predicted molar refractivity (Wildman–Crippen MR) is 142 cm³/mol. The molecule has 1 N–H and O–H groups in total. The van der Waals surface area contributed by atoms with Crippen LogP contribution in [0.25, 0.3) is 0 Å². The van der Waals surface area contributed by atoms with Crippen LogP contribution < -0.4 is 9.62 Å². The lowest BCUT2D eigenvalue weighted by Gasteiger charge is -2.32. The summed E-state index contributed by atoms with van der Waals surface area (Å²) in [5.41, 5.74) is 2.58. The number of rotatable bonds is 10. The van der Waals surface area contributed by atoms with E-state index in [-0.39, 0.29) is 18.5 Å². The number of carbonyl (C=O) groups excluding carboxylic acids is 2. The number of sulfonamides is 1. The molecule has 2 amide bonds. The van der Waals surface area contributed by atoms with E-state index in [1.165, 1.54) is 4.90 Å². The van der Waals surface area contributed by atoms with Crippen LogP contribution in [0.2, 0.25) is 10.0 Å². The van der Waals surface area contributed by atoms with Crippen molar-refractivity contribution < 1.29 is 18.0 Å². The van der Waals surface area contributed by atoms with Crippen molar-refractivity contribution in [2.75, 3.05) is 17.1 Å². The number of anilines is 1. The minimum absolute atomic E-state index is 0.0587. The standard InChI is InChI=1S/C25H33Cl2N3O4S/c1-7-18(4)28-25(32)19(5)29(14-21-22(26)9-8-10-23(21)27)24(31)15-30(35(6,33)34)20-12-16(2)11-17(3)13-20/h8-13,18-19H,7,14-15H2,1-6H3,(H,28,32)/t18-,19-/m0/s1. The van der Waals surface area contributed by atoms with Crippen molar-refractivity contribution in [3.8, 4) is 0 Å². The topological polar surface area (TPSA) is 86.8 Å². The summed E-state index contributed by atoms with van der Waals surface area (Å²) in [6, 6.07) is 9.31. The molecular weight excluding hydrogens is 509 g/mol. The number of hydrogen-bond acceptors (Lipinski definition) is 4. The van der Waals surface area contributed by atoms with Crippen molar-refractivity contribution in [1.29, 1.82) is 0 Å². The highest BCUT2D eigenvalue weighted by Gasteiger charge is 2.31. The Labute approximate surface area is 218 Å². The van der Waals surface area contributed by atoms with Crippen molar-refractivity contribution in [2.24, 2.45) is 0 Å². The van der Waals surface area contributed by atoms with E-state index in [4.69, 9.17) is 23.2 Å². The zero-order chi connectivity index (χ0) is 26.5. The van der Waals surface area contributed by atoms with E-state index in [0.717, 1.165) is 28.1 Å². The predicted octanol–water partition coefficient (Wildman–Crippen LogP) is 4.71. The SMILES string of the molecule is CC[C@H](C)NC(=O)[C@H](C)N(Cc1c(Cl)cccc1Cl)C(=O)CN(c1cc(C)cc(C)c1)S(C)(=O)=O. The molecule has 0 aliphatic carbocycles. The van der Waals surface area contributed by atoms with E-state index < -0.39 is 28.5 Å². The summed E-state index contributed by atoms with van der Waals surface area (Å²) in [5, 5.41) is 3.57. The summed E-state index contributed by atoms with van der Waals surface area (Å²) in [4.78, 5) is 27.9. The van der Waals surface area contributed by atoms with Gasteiger partial charge in [-0.1, -0.05) is 42.3 Å². The molecule has 0 aliphatic heterocycles. The summed E-state index contributed by atoms with van der Waals surface area (Å²) < 4.78 is 26.5. The van der Waals surface area contributed by atoms with Gasteiger partial charge in [0.05, 0.1) is 11.9 Å². The van der Waals surface area contributed by atoms with Crippen molar-refractivity contribution in [1.82, 2.24) is 10.2 Å². The van der Waals surface area contributed by atoms with Gasteiger partial charge in [-0.3, -0.25) is 13.9 Å². The molecule has 35 heavy (non-hydrogen) atoms. The van der Waals surface area contributed by atoms with Crippen molar-refractivity contribution in [2.45, 2.75) is 59.7 Å². The normalized spacial score (nSPS) is 13.1. The number of nitrogens with zero attached hydrogens (tertiary/aromatic N) is 2. The van der Waals surface area contributed by atoms with Gasteiger partial charge in [-0.15, -0.1) is 0 Å². The number of amides is 2. The molecule has 10 heteroatoms. The maximum atomic E-state index is 13.6. The highest BCUT2D eigenvalue weighted by Crippen LogP contribution is 2.27. The minimum atomic E-state index is -3.81. The molecule has 7 nitrogen and oxygen atoms in total. The molecule has 0 saturated heterocycles. The average molecular weight is 543 g/mol. The van der Waals surface area contributed by atoms with E-state index in [0.29, 0.717) is 21.3 Å². The third-order valence-electron chi connectivity index (χ3n) is 5.73. The number of halogens is 2. The first-order valence-corrected chi connectivity index (χ1v) is 13.9. The number of hydrogen-bond donors (Lipinski definition) is 1. The van der Waals surface area contributed by atoms with Crippen LogP contribution in [0.15, 0.2) is 36.4 Å². The maximum absolute atomic E-state index is 13.6. The van der Waals surface area contributed by atoms with Crippen molar-refractivity contribution >= 4 is 50.7 Å². The van der Waals surface area contributed by atoms with Gasteiger partial charge in [0.15, 0.2) is 0 Å². The average Bonchev–Trinajstić information content (AvgIpc) is 2.75. The van der Waals surface area contributed by atoms with Gasteiger partial charge in [0.1, 0.15) is 12.6 Å². The molecule has 0 fully saturated rings. The zero-order valence-electron chi connectivity index (χ0n) is 20.9. The van der Waals surface area contributed by atoms with Gasteiger partial charge in [-0.25, -0.2) is 8.42 Å². The van der Waals surface area contributed by atoms with Gasteiger partial charge < -0.3 is 10.2 Å². The van der Waals surface area contributed by atoms with E-state index in [1.807, 2.05) is 33.8 Å². The first kappa shape index (κ1) is 28.9. The first-order chi connectivity index (χ1) is 16.2. The largest absolute Gasteiger partial charge is 0.352 e. The van der Waals surface area contributed by atoms with Crippen LogP contribution in [0.4, 0.5) is 5.69 Å². The second kappa shape index (κ2) is 12.1. The third kappa shape index (κ3) is 7.85. The molecule has 2 aromatic carbocycles. The monoisotopic (exact) mass is 541 g/mol. The van der Waals surface area contributed by atoms with Gasteiger partial charge in [0.2, 0.25) is 21.8 Å². The molecule has 0 spiro atoms. The van der Waals surface area contributed by atoms with Crippen LogP contribution >= 0.6 is 23.2 Å².